The standard InChI is InChI=1S/C22H23F2N3O4S/c1-15-20(25-22(31-15)17-5-3-4-6-21(17)30-2)14-26-9-11-27(12-10-26)32(28,29)16-7-8-18(23)19(24)13-16/h3-8,13H,9-12,14H2,1-2H3. The first-order chi connectivity index (χ1) is 15.3. The van der Waals surface area contributed by atoms with Crippen LogP contribution in [0, 0.1) is 18.6 Å². The van der Waals surface area contributed by atoms with Gasteiger partial charge in [0.05, 0.1) is 23.3 Å². The number of benzene rings is 2. The number of para-hydroxylation sites is 1. The molecule has 1 aliphatic rings. The molecule has 0 unspecified atom stereocenters. The van der Waals surface area contributed by atoms with Crippen molar-refractivity contribution in [2.45, 2.75) is 18.4 Å². The summed E-state index contributed by atoms with van der Waals surface area (Å²) in [5.74, 6) is -0.449. The molecule has 7 nitrogen and oxygen atoms in total. The van der Waals surface area contributed by atoms with Gasteiger partial charge in [0.15, 0.2) is 11.6 Å². The largest absolute Gasteiger partial charge is 0.496 e. The van der Waals surface area contributed by atoms with Crippen LogP contribution in [-0.4, -0.2) is 55.9 Å². The summed E-state index contributed by atoms with van der Waals surface area (Å²) in [7, 11) is -2.31. The van der Waals surface area contributed by atoms with Crippen molar-refractivity contribution in [1.29, 1.82) is 0 Å². The molecule has 1 saturated heterocycles. The van der Waals surface area contributed by atoms with E-state index in [1.54, 1.807) is 7.11 Å². The Labute approximate surface area is 185 Å². The van der Waals surface area contributed by atoms with E-state index in [-0.39, 0.29) is 18.0 Å². The Balaban J connectivity index is 1.43. The van der Waals surface area contributed by atoms with E-state index in [1.807, 2.05) is 31.2 Å². The van der Waals surface area contributed by atoms with Crippen molar-refractivity contribution in [3.63, 3.8) is 0 Å². The van der Waals surface area contributed by atoms with Crippen molar-refractivity contribution in [2.24, 2.45) is 0 Å². The lowest BCUT2D eigenvalue weighted by atomic mass is 10.2. The second kappa shape index (κ2) is 8.97. The molecule has 0 atom stereocenters. The third-order valence-electron chi connectivity index (χ3n) is 5.46. The topological polar surface area (TPSA) is 75.9 Å². The molecule has 0 bridgehead atoms. The lowest BCUT2D eigenvalue weighted by molar-refractivity contribution is 0.179. The van der Waals surface area contributed by atoms with Gasteiger partial charge in [-0.15, -0.1) is 0 Å². The molecule has 0 aliphatic carbocycles. The molecule has 0 amide bonds. The van der Waals surface area contributed by atoms with Crippen LogP contribution in [0.4, 0.5) is 8.78 Å². The smallest absolute Gasteiger partial charge is 0.243 e. The average Bonchev–Trinajstić information content (AvgIpc) is 3.15. The zero-order valence-corrected chi connectivity index (χ0v) is 18.5. The van der Waals surface area contributed by atoms with E-state index in [0.717, 1.165) is 29.5 Å². The van der Waals surface area contributed by atoms with Gasteiger partial charge in [0.25, 0.3) is 0 Å². The maximum Gasteiger partial charge on any atom is 0.243 e. The molecule has 0 N–H and O–H groups in total. The lowest BCUT2D eigenvalue weighted by Gasteiger charge is -2.33. The number of aromatic nitrogens is 1. The zero-order chi connectivity index (χ0) is 22.9. The molecule has 170 valence electrons. The fourth-order valence-electron chi connectivity index (χ4n) is 3.64. The third kappa shape index (κ3) is 4.38. The summed E-state index contributed by atoms with van der Waals surface area (Å²) in [5, 5.41) is 0. The Morgan fingerprint density at radius 1 is 1.06 bits per heavy atom. The van der Waals surface area contributed by atoms with Gasteiger partial charge in [-0.2, -0.15) is 4.31 Å². The maximum absolute atomic E-state index is 13.5. The van der Waals surface area contributed by atoms with E-state index in [2.05, 4.69) is 9.88 Å². The summed E-state index contributed by atoms with van der Waals surface area (Å²) in [6.45, 7) is 3.75. The summed E-state index contributed by atoms with van der Waals surface area (Å²) in [6.07, 6.45) is 0. The molecule has 1 aromatic heterocycles. The van der Waals surface area contributed by atoms with Gasteiger partial charge in [-0.05, 0) is 37.3 Å². The molecule has 32 heavy (non-hydrogen) atoms. The van der Waals surface area contributed by atoms with Crippen LogP contribution in [0.2, 0.25) is 0 Å². The maximum atomic E-state index is 13.5. The number of oxazole rings is 1. The van der Waals surface area contributed by atoms with Crippen LogP contribution in [0.1, 0.15) is 11.5 Å². The van der Waals surface area contributed by atoms with Crippen molar-refractivity contribution in [1.82, 2.24) is 14.2 Å². The van der Waals surface area contributed by atoms with E-state index < -0.39 is 21.7 Å². The summed E-state index contributed by atoms with van der Waals surface area (Å²) < 4.78 is 64.7. The number of piperazine rings is 1. The van der Waals surface area contributed by atoms with Gasteiger partial charge in [-0.1, -0.05) is 12.1 Å². The molecule has 2 heterocycles. The summed E-state index contributed by atoms with van der Waals surface area (Å²) in [4.78, 5) is 6.44. The highest BCUT2D eigenvalue weighted by atomic mass is 32.2. The van der Waals surface area contributed by atoms with Crippen LogP contribution >= 0.6 is 0 Å². The first-order valence-electron chi connectivity index (χ1n) is 10.1. The van der Waals surface area contributed by atoms with Crippen molar-refractivity contribution < 1.29 is 26.4 Å². The highest BCUT2D eigenvalue weighted by Gasteiger charge is 2.30. The number of ether oxygens (including phenoxy) is 1. The molecule has 4 rings (SSSR count). The first kappa shape index (κ1) is 22.4. The minimum atomic E-state index is -3.89. The molecular formula is C22H23F2N3O4S. The predicted octanol–water partition coefficient (Wildman–Crippen LogP) is 3.44. The third-order valence-corrected chi connectivity index (χ3v) is 7.36. The second-order valence-corrected chi connectivity index (χ2v) is 9.42. The second-order valence-electron chi connectivity index (χ2n) is 7.48. The Morgan fingerprint density at radius 2 is 1.78 bits per heavy atom. The van der Waals surface area contributed by atoms with Crippen molar-refractivity contribution in [2.75, 3.05) is 33.3 Å². The van der Waals surface area contributed by atoms with Crippen molar-refractivity contribution in [3.05, 3.63) is 65.6 Å². The Morgan fingerprint density at radius 3 is 2.47 bits per heavy atom. The van der Waals surface area contributed by atoms with Crippen LogP contribution in [0.15, 0.2) is 51.8 Å². The van der Waals surface area contributed by atoms with Crippen LogP contribution in [0.5, 0.6) is 5.75 Å². The van der Waals surface area contributed by atoms with Crippen LogP contribution in [0.3, 0.4) is 0 Å². The van der Waals surface area contributed by atoms with Crippen LogP contribution in [-0.2, 0) is 16.6 Å². The van der Waals surface area contributed by atoms with Gasteiger partial charge in [0.2, 0.25) is 15.9 Å². The number of rotatable bonds is 6. The molecule has 2 aromatic carbocycles. The van der Waals surface area contributed by atoms with Crippen molar-refractivity contribution in [3.8, 4) is 17.2 Å². The Kier molecular flexibility index (Phi) is 6.27. The molecule has 0 radical (unpaired) electrons. The highest BCUT2D eigenvalue weighted by molar-refractivity contribution is 7.89. The molecule has 0 saturated carbocycles. The fraction of sp³-hybridized carbons (Fsp3) is 0.318. The van der Waals surface area contributed by atoms with E-state index in [9.17, 15) is 17.2 Å². The Bertz CT molecular complexity index is 1220. The summed E-state index contributed by atoms with van der Waals surface area (Å²) in [5.41, 5.74) is 1.52. The number of aryl methyl sites for hydroxylation is 1. The number of halogens is 2. The predicted molar refractivity (Wildman–Crippen MR) is 114 cm³/mol. The molecule has 1 aliphatic heterocycles. The number of sulfonamides is 1. The minimum absolute atomic E-state index is 0.234. The molecule has 10 heteroatoms. The normalized spacial score (nSPS) is 15.8. The highest BCUT2D eigenvalue weighted by Crippen LogP contribution is 2.30. The van der Waals surface area contributed by atoms with Crippen LogP contribution < -0.4 is 4.74 Å². The van der Waals surface area contributed by atoms with Gasteiger partial charge < -0.3 is 9.15 Å². The minimum Gasteiger partial charge on any atom is -0.496 e. The number of methoxy groups -OCH3 is 1. The van der Waals surface area contributed by atoms with Gasteiger partial charge in [-0.25, -0.2) is 22.2 Å². The lowest BCUT2D eigenvalue weighted by Crippen LogP contribution is -2.48. The Hall–Kier alpha value is -2.82. The average molecular weight is 464 g/mol. The number of nitrogens with zero attached hydrogens (tertiary/aromatic N) is 3. The SMILES string of the molecule is COc1ccccc1-c1nc(CN2CCN(S(=O)(=O)c3ccc(F)c(F)c3)CC2)c(C)o1. The van der Waals surface area contributed by atoms with Crippen molar-refractivity contribution >= 4 is 10.0 Å². The summed E-state index contributed by atoms with van der Waals surface area (Å²) in [6, 6.07) is 10.1. The molecule has 0 spiro atoms. The fourth-order valence-corrected chi connectivity index (χ4v) is 5.07. The summed E-state index contributed by atoms with van der Waals surface area (Å²) >= 11 is 0. The van der Waals surface area contributed by atoms with Gasteiger partial charge in [0, 0.05) is 32.7 Å². The first-order valence-corrected chi connectivity index (χ1v) is 11.5. The molecule has 1 fully saturated rings. The molecular weight excluding hydrogens is 440 g/mol. The van der Waals surface area contributed by atoms with Gasteiger partial charge >= 0.3 is 0 Å². The van der Waals surface area contributed by atoms with Crippen LogP contribution in [0.25, 0.3) is 11.5 Å². The van der Waals surface area contributed by atoms with E-state index in [4.69, 9.17) is 9.15 Å². The van der Waals surface area contributed by atoms with Gasteiger partial charge in [0.1, 0.15) is 11.5 Å². The monoisotopic (exact) mass is 463 g/mol. The van der Waals surface area contributed by atoms with E-state index >= 15 is 0 Å². The zero-order valence-electron chi connectivity index (χ0n) is 17.7. The van der Waals surface area contributed by atoms with E-state index in [1.165, 1.54) is 4.31 Å². The number of hydrogen-bond donors (Lipinski definition) is 0. The van der Waals surface area contributed by atoms with Gasteiger partial charge in [-0.3, -0.25) is 4.90 Å². The molecule has 3 aromatic rings. The number of hydrogen-bond acceptors (Lipinski definition) is 6. The van der Waals surface area contributed by atoms with E-state index in [0.29, 0.717) is 37.0 Å². The quantitative estimate of drug-likeness (QED) is 0.558.